The Morgan fingerprint density at radius 3 is 2.52 bits per heavy atom. The van der Waals surface area contributed by atoms with E-state index in [1.54, 1.807) is 0 Å². The molecule has 1 aliphatic rings. The second-order valence-electron chi connectivity index (χ2n) is 4.39. The van der Waals surface area contributed by atoms with E-state index >= 15 is 0 Å². The summed E-state index contributed by atoms with van der Waals surface area (Å²) in [5.74, 6) is 0. The number of nitrogens with zero attached hydrogens (tertiary/aromatic N) is 3. The van der Waals surface area contributed by atoms with Crippen LogP contribution in [0.5, 0.6) is 0 Å². The van der Waals surface area contributed by atoms with Gasteiger partial charge in [0.1, 0.15) is 8.52 Å². The van der Waals surface area contributed by atoms with Crippen molar-refractivity contribution in [1.29, 1.82) is 0 Å². The fraction of sp³-hybridized carbons (Fsp3) is 0.0769. The van der Waals surface area contributed by atoms with Gasteiger partial charge >= 0.3 is 0 Å². The van der Waals surface area contributed by atoms with Crippen molar-refractivity contribution in [3.63, 3.8) is 0 Å². The number of rotatable bonds is 4. The first-order chi connectivity index (χ1) is 10.3. The monoisotopic (exact) mass is 333 g/mol. The lowest BCUT2D eigenvalue weighted by Gasteiger charge is -2.29. The topological polar surface area (TPSA) is 66.0 Å². The molecule has 0 saturated heterocycles. The maximum absolute atomic E-state index is 5.76. The van der Waals surface area contributed by atoms with E-state index in [9.17, 15) is 0 Å². The number of nitrogens with two attached hydrogens (primary N) is 1. The first-order valence-electron chi connectivity index (χ1n) is 6.36. The van der Waals surface area contributed by atoms with Gasteiger partial charge in [0, 0.05) is 17.9 Å². The van der Waals surface area contributed by atoms with Crippen molar-refractivity contribution in [2.45, 2.75) is 6.54 Å². The van der Waals surface area contributed by atoms with Gasteiger partial charge in [0.25, 0.3) is 0 Å². The zero-order valence-electron chi connectivity index (χ0n) is 11.2. The van der Waals surface area contributed by atoms with E-state index in [-0.39, 0.29) is 0 Å². The van der Waals surface area contributed by atoms with Crippen molar-refractivity contribution in [3.8, 4) is 0 Å². The number of benzene rings is 2. The van der Waals surface area contributed by atoms with E-state index < -0.39 is 8.37 Å². The second-order valence-corrected chi connectivity index (χ2v) is 8.06. The van der Waals surface area contributed by atoms with E-state index in [1.807, 2.05) is 30.3 Å². The lowest BCUT2D eigenvalue weighted by molar-refractivity contribution is 1.03. The molecule has 3 N–H and O–H groups in total. The van der Waals surface area contributed by atoms with Gasteiger partial charge in [0.05, 0.1) is 0 Å². The van der Waals surface area contributed by atoms with Gasteiger partial charge in [0.15, 0.2) is 8.52 Å². The predicted molar refractivity (Wildman–Crippen MR) is 92.2 cm³/mol. The molecule has 0 spiro atoms. The Bertz CT molecular complexity index is 645. The van der Waals surface area contributed by atoms with Crippen LogP contribution >= 0.6 is 25.4 Å². The van der Waals surface area contributed by atoms with E-state index in [2.05, 4.69) is 42.8 Å². The molecule has 106 valence electrons. The van der Waals surface area contributed by atoms with Crippen molar-refractivity contribution in [2.75, 3.05) is 10.4 Å². The molecular formula is C13H14N5P3. The Labute approximate surface area is 128 Å². The molecule has 0 aliphatic carbocycles. The SMILES string of the molecule is Nc1ccc(CN(c2ccccc2)P2N=PN=PN2)cc1. The van der Waals surface area contributed by atoms with Crippen molar-refractivity contribution in [3.05, 3.63) is 60.2 Å². The molecule has 1 heterocycles. The summed E-state index contributed by atoms with van der Waals surface area (Å²) in [6, 6.07) is 18.3. The van der Waals surface area contributed by atoms with Crippen molar-refractivity contribution in [1.82, 2.24) is 4.86 Å². The minimum absolute atomic E-state index is 0.784. The summed E-state index contributed by atoms with van der Waals surface area (Å²) in [5.41, 5.74) is 8.91. The van der Waals surface area contributed by atoms with Crippen LogP contribution in [0.2, 0.25) is 0 Å². The summed E-state index contributed by atoms with van der Waals surface area (Å²) in [4.78, 5) is 3.35. The van der Waals surface area contributed by atoms with Crippen LogP contribution in [-0.2, 0) is 6.54 Å². The van der Waals surface area contributed by atoms with E-state index in [1.165, 1.54) is 5.56 Å². The Balaban J connectivity index is 1.87. The summed E-state index contributed by atoms with van der Waals surface area (Å²) in [6.45, 7) is 0.789. The zero-order chi connectivity index (χ0) is 14.5. The Morgan fingerprint density at radius 2 is 1.86 bits per heavy atom. The van der Waals surface area contributed by atoms with Crippen LogP contribution in [0, 0.1) is 0 Å². The molecule has 0 saturated carbocycles. The molecular weight excluding hydrogens is 319 g/mol. The van der Waals surface area contributed by atoms with Gasteiger partial charge in [-0.2, -0.15) is 13.9 Å². The molecule has 2 aromatic rings. The van der Waals surface area contributed by atoms with E-state index in [0.29, 0.717) is 0 Å². The van der Waals surface area contributed by atoms with Crippen LogP contribution in [0.3, 0.4) is 0 Å². The van der Waals surface area contributed by atoms with Gasteiger partial charge in [-0.3, -0.25) is 0 Å². The van der Waals surface area contributed by atoms with Crippen LogP contribution < -0.4 is 15.3 Å². The normalized spacial score (nSPS) is 18.4. The third-order valence-corrected chi connectivity index (χ3v) is 6.52. The van der Waals surface area contributed by atoms with Gasteiger partial charge in [-0.15, -0.1) is 0 Å². The molecule has 0 radical (unpaired) electrons. The summed E-state index contributed by atoms with van der Waals surface area (Å²) in [5, 5.41) is 0. The minimum Gasteiger partial charge on any atom is -0.399 e. The van der Waals surface area contributed by atoms with E-state index in [0.717, 1.165) is 35.0 Å². The fourth-order valence-electron chi connectivity index (χ4n) is 1.92. The highest BCUT2D eigenvalue weighted by Gasteiger charge is 2.20. The molecule has 8 heteroatoms. The first-order valence-corrected chi connectivity index (χ1v) is 9.26. The van der Waals surface area contributed by atoms with E-state index in [4.69, 9.17) is 5.73 Å². The Kier molecular flexibility index (Phi) is 4.90. The first kappa shape index (κ1) is 14.6. The number of nitrogens with one attached hydrogen (secondary N) is 1. The smallest absolute Gasteiger partial charge is 0.211 e. The standard InChI is InChI=1S/C13H14N5P3/c14-12-8-6-11(7-9-12)10-18(13-4-2-1-3-5-13)21-16-19-15-20-17-21/h1-9H,10,14H2,(H,15,16,17). The number of nitrogen functional groups attached to an aromatic ring is 1. The van der Waals surface area contributed by atoms with Crippen LogP contribution in [0.1, 0.15) is 5.56 Å². The minimum atomic E-state index is -0.784. The highest BCUT2D eigenvalue weighted by Crippen LogP contribution is 2.49. The van der Waals surface area contributed by atoms with Gasteiger partial charge in [-0.05, 0) is 29.8 Å². The average molecular weight is 333 g/mol. The summed E-state index contributed by atoms with van der Waals surface area (Å²) in [6.07, 6.45) is 0. The number of para-hydroxylation sites is 1. The lowest BCUT2D eigenvalue weighted by Crippen LogP contribution is -2.19. The van der Waals surface area contributed by atoms with Crippen molar-refractivity contribution in [2.24, 2.45) is 9.03 Å². The predicted octanol–water partition coefficient (Wildman–Crippen LogP) is 5.20. The molecule has 5 nitrogen and oxygen atoms in total. The highest BCUT2D eigenvalue weighted by molar-refractivity contribution is 7.68. The van der Waals surface area contributed by atoms with Crippen LogP contribution in [0.15, 0.2) is 63.6 Å². The molecule has 0 fully saturated rings. The van der Waals surface area contributed by atoms with Gasteiger partial charge in [-0.25, -0.2) is 0 Å². The summed E-state index contributed by atoms with van der Waals surface area (Å²) in [7, 11) is 0.912. The third kappa shape index (κ3) is 3.84. The lowest BCUT2D eigenvalue weighted by atomic mass is 10.2. The molecule has 2 aromatic carbocycles. The van der Waals surface area contributed by atoms with Crippen LogP contribution in [0.25, 0.3) is 0 Å². The second kappa shape index (κ2) is 7.06. The van der Waals surface area contributed by atoms with Gasteiger partial charge < -0.3 is 10.4 Å². The maximum atomic E-state index is 5.76. The van der Waals surface area contributed by atoms with Gasteiger partial charge in [-0.1, -0.05) is 30.3 Å². The Morgan fingerprint density at radius 1 is 1.10 bits per heavy atom. The molecule has 21 heavy (non-hydrogen) atoms. The third-order valence-electron chi connectivity index (χ3n) is 2.94. The average Bonchev–Trinajstić information content (AvgIpc) is 2.56. The molecule has 1 aliphatic heterocycles. The summed E-state index contributed by atoms with van der Waals surface area (Å²) < 4.78 is 11.0. The molecule has 0 amide bonds. The fourth-order valence-corrected chi connectivity index (χ4v) is 5.68. The number of hydrogen-bond donors (Lipinski definition) is 2. The molecule has 0 aromatic heterocycles. The summed E-state index contributed by atoms with van der Waals surface area (Å²) >= 11 is 0. The quantitative estimate of drug-likeness (QED) is 0.597. The molecule has 1 atom stereocenters. The van der Waals surface area contributed by atoms with Crippen molar-refractivity contribution >= 4 is 36.8 Å². The highest BCUT2D eigenvalue weighted by atomic mass is 31.2. The maximum Gasteiger partial charge on any atom is 0.211 e. The molecule has 1 unspecified atom stereocenters. The zero-order valence-corrected chi connectivity index (χ0v) is 13.8. The van der Waals surface area contributed by atoms with Gasteiger partial charge in [0.2, 0.25) is 8.37 Å². The number of hydrogen-bond acceptors (Lipinski definition) is 5. The Hall–Kier alpha value is -1.37. The molecule has 3 rings (SSSR count). The van der Waals surface area contributed by atoms with Crippen molar-refractivity contribution < 1.29 is 0 Å². The number of anilines is 2. The molecule has 0 bridgehead atoms. The van der Waals surface area contributed by atoms with Crippen LogP contribution in [-0.4, -0.2) is 0 Å². The largest absolute Gasteiger partial charge is 0.399 e. The van der Waals surface area contributed by atoms with Crippen LogP contribution in [0.4, 0.5) is 11.4 Å².